The van der Waals surface area contributed by atoms with Gasteiger partial charge in [0, 0.05) is 18.6 Å². The third-order valence-electron chi connectivity index (χ3n) is 5.51. The summed E-state index contributed by atoms with van der Waals surface area (Å²) in [5.74, 6) is 1.52. The van der Waals surface area contributed by atoms with Gasteiger partial charge in [-0.15, -0.1) is 0 Å². The molecule has 0 radical (unpaired) electrons. The number of hydrogen-bond acceptors (Lipinski definition) is 2. The lowest BCUT2D eigenvalue weighted by atomic mass is 9.76. The maximum Gasteiger partial charge on any atom is 0.0142 e. The maximum absolute atomic E-state index is 2.67. The van der Waals surface area contributed by atoms with Gasteiger partial charge in [0.25, 0.3) is 0 Å². The van der Waals surface area contributed by atoms with Crippen LogP contribution in [0.5, 0.6) is 0 Å². The fourth-order valence-electron chi connectivity index (χ4n) is 4.44. The summed E-state index contributed by atoms with van der Waals surface area (Å²) >= 11 is 0. The summed E-state index contributed by atoms with van der Waals surface area (Å²) in [4.78, 5) is 5.04. The van der Waals surface area contributed by atoms with E-state index in [1.54, 1.807) is 5.56 Å². The molecule has 2 unspecified atom stereocenters. The van der Waals surface area contributed by atoms with Crippen LogP contribution in [0, 0.1) is 12.8 Å². The fraction of sp³-hybridized carbons (Fsp3) is 0.684. The third-order valence-corrected chi connectivity index (χ3v) is 5.51. The zero-order chi connectivity index (χ0) is 14.3. The predicted molar refractivity (Wildman–Crippen MR) is 91.9 cm³/mol. The van der Waals surface area contributed by atoms with Crippen molar-refractivity contribution in [3.05, 3.63) is 35.4 Å². The van der Waals surface area contributed by atoms with Gasteiger partial charge in [-0.25, -0.2) is 0 Å². The molecule has 2 heteroatoms. The van der Waals surface area contributed by atoms with Crippen molar-refractivity contribution in [3.63, 3.8) is 0 Å². The zero-order valence-corrected chi connectivity index (χ0v) is 13.3. The van der Waals surface area contributed by atoms with Gasteiger partial charge >= 0.3 is 0 Å². The average Bonchev–Trinajstić information content (AvgIpc) is 2.65. The van der Waals surface area contributed by atoms with Gasteiger partial charge in [0.05, 0.1) is 0 Å². The summed E-state index contributed by atoms with van der Waals surface area (Å²) in [6.07, 6.45) is 4.13. The molecule has 0 aromatic heterocycles. The van der Waals surface area contributed by atoms with Crippen LogP contribution in [0.3, 0.4) is 0 Å². The van der Waals surface area contributed by atoms with Crippen molar-refractivity contribution in [2.75, 3.05) is 27.7 Å². The molecular formula is C19H32N2. The lowest BCUT2D eigenvalue weighted by Gasteiger charge is -2.44. The molecule has 118 valence electrons. The van der Waals surface area contributed by atoms with Gasteiger partial charge in [-0.2, -0.15) is 0 Å². The second-order valence-corrected chi connectivity index (χ2v) is 7.14. The van der Waals surface area contributed by atoms with E-state index in [0.717, 1.165) is 23.9 Å². The lowest BCUT2D eigenvalue weighted by Crippen LogP contribution is -2.48. The minimum absolute atomic E-state index is 0. The molecule has 4 atom stereocenters. The molecule has 2 nitrogen and oxygen atoms in total. The molecule has 1 aromatic rings. The Morgan fingerprint density at radius 2 is 1.81 bits per heavy atom. The summed E-state index contributed by atoms with van der Waals surface area (Å²) < 4.78 is 0. The number of piperidine rings is 1. The molecule has 2 aliphatic heterocycles. The number of hydrogen-bond donors (Lipinski definition) is 0. The monoisotopic (exact) mass is 288 g/mol. The van der Waals surface area contributed by atoms with Crippen molar-refractivity contribution >= 4 is 0 Å². The van der Waals surface area contributed by atoms with Crippen LogP contribution in [0.2, 0.25) is 0 Å². The van der Waals surface area contributed by atoms with Crippen molar-refractivity contribution in [1.82, 2.24) is 9.80 Å². The SMILES string of the molecule is C.Cc1ccc([C@H]2C[C@H]3CCC(C2CN(C)C)N3C)cc1. The average molecular weight is 288 g/mol. The molecule has 0 aliphatic carbocycles. The number of benzene rings is 1. The van der Waals surface area contributed by atoms with Crippen LogP contribution in [0.1, 0.15) is 43.7 Å². The van der Waals surface area contributed by atoms with Crippen molar-refractivity contribution < 1.29 is 0 Å². The number of nitrogens with zero attached hydrogens (tertiary/aromatic N) is 2. The second kappa shape index (κ2) is 6.50. The number of rotatable bonds is 3. The second-order valence-electron chi connectivity index (χ2n) is 7.14. The van der Waals surface area contributed by atoms with E-state index in [-0.39, 0.29) is 7.43 Å². The van der Waals surface area contributed by atoms with Gasteiger partial charge in [0.15, 0.2) is 0 Å². The molecule has 2 fully saturated rings. The maximum atomic E-state index is 2.67. The van der Waals surface area contributed by atoms with Gasteiger partial charge in [-0.05, 0) is 64.7 Å². The van der Waals surface area contributed by atoms with Crippen molar-refractivity contribution in [1.29, 1.82) is 0 Å². The van der Waals surface area contributed by atoms with Crippen LogP contribution in [0.15, 0.2) is 24.3 Å². The molecule has 0 spiro atoms. The first-order valence-corrected chi connectivity index (χ1v) is 7.99. The van der Waals surface area contributed by atoms with E-state index in [4.69, 9.17) is 0 Å². The molecule has 2 saturated heterocycles. The normalized spacial score (nSPS) is 32.2. The van der Waals surface area contributed by atoms with Crippen LogP contribution < -0.4 is 0 Å². The first kappa shape index (κ1) is 16.5. The third kappa shape index (κ3) is 3.17. The lowest BCUT2D eigenvalue weighted by molar-refractivity contribution is 0.0824. The Bertz CT molecular complexity index is 451. The molecule has 2 aliphatic rings. The van der Waals surface area contributed by atoms with E-state index in [9.17, 15) is 0 Å². The molecular weight excluding hydrogens is 256 g/mol. The summed E-state index contributed by atoms with van der Waals surface area (Å²) in [5, 5.41) is 0. The van der Waals surface area contributed by atoms with Crippen LogP contribution >= 0.6 is 0 Å². The highest BCUT2D eigenvalue weighted by Gasteiger charge is 2.45. The molecule has 21 heavy (non-hydrogen) atoms. The molecule has 3 rings (SSSR count). The Hall–Kier alpha value is -0.860. The zero-order valence-electron chi connectivity index (χ0n) is 13.3. The minimum Gasteiger partial charge on any atom is -0.309 e. The summed E-state index contributed by atoms with van der Waals surface area (Å²) in [5.41, 5.74) is 2.93. The molecule has 1 aromatic carbocycles. The van der Waals surface area contributed by atoms with Crippen molar-refractivity contribution in [2.45, 2.75) is 51.6 Å². The van der Waals surface area contributed by atoms with Crippen molar-refractivity contribution in [2.24, 2.45) is 5.92 Å². The summed E-state index contributed by atoms with van der Waals surface area (Å²) in [7, 11) is 6.77. The van der Waals surface area contributed by atoms with Crippen LogP contribution in [0.4, 0.5) is 0 Å². The van der Waals surface area contributed by atoms with Gasteiger partial charge in [-0.3, -0.25) is 0 Å². The highest BCUT2D eigenvalue weighted by Crippen LogP contribution is 2.46. The standard InChI is InChI=1S/C18H28N2.CH4/c1-13-5-7-14(8-6-13)16-11-15-9-10-18(20(15)4)17(16)12-19(2)3;/h5-8,15-18H,9-12H2,1-4H3;1H4/t15-,16-,17?,18?;/m1./s1. The topological polar surface area (TPSA) is 6.48 Å². The van der Waals surface area contributed by atoms with E-state index in [1.807, 2.05) is 0 Å². The first-order valence-electron chi connectivity index (χ1n) is 7.99. The molecule has 0 amide bonds. The van der Waals surface area contributed by atoms with E-state index in [1.165, 1.54) is 31.4 Å². The highest BCUT2D eigenvalue weighted by molar-refractivity contribution is 5.27. The molecule has 2 heterocycles. The first-order chi connectivity index (χ1) is 9.56. The Kier molecular flexibility index (Phi) is 5.11. The molecule has 0 saturated carbocycles. The molecule has 0 N–H and O–H groups in total. The van der Waals surface area contributed by atoms with Crippen LogP contribution in [-0.2, 0) is 0 Å². The summed E-state index contributed by atoms with van der Waals surface area (Å²) in [6.45, 7) is 3.39. The molecule has 2 bridgehead atoms. The Labute approximate surface area is 131 Å². The van der Waals surface area contributed by atoms with Gasteiger partial charge in [0.1, 0.15) is 0 Å². The fourth-order valence-corrected chi connectivity index (χ4v) is 4.44. The quantitative estimate of drug-likeness (QED) is 0.835. The number of aryl methyl sites for hydroxylation is 1. The Balaban J connectivity index is 0.00000161. The van der Waals surface area contributed by atoms with Gasteiger partial charge in [0.2, 0.25) is 0 Å². The summed E-state index contributed by atoms with van der Waals surface area (Å²) in [6, 6.07) is 10.9. The van der Waals surface area contributed by atoms with E-state index >= 15 is 0 Å². The smallest absolute Gasteiger partial charge is 0.0142 e. The predicted octanol–water partition coefficient (Wildman–Crippen LogP) is 3.76. The van der Waals surface area contributed by atoms with E-state index in [2.05, 4.69) is 62.1 Å². The minimum atomic E-state index is 0. The highest BCUT2D eigenvalue weighted by atomic mass is 15.2. The van der Waals surface area contributed by atoms with Crippen LogP contribution in [0.25, 0.3) is 0 Å². The largest absolute Gasteiger partial charge is 0.309 e. The van der Waals surface area contributed by atoms with Crippen molar-refractivity contribution in [3.8, 4) is 0 Å². The van der Waals surface area contributed by atoms with Gasteiger partial charge < -0.3 is 9.80 Å². The van der Waals surface area contributed by atoms with Gasteiger partial charge in [-0.1, -0.05) is 37.3 Å². The van der Waals surface area contributed by atoms with E-state index in [0.29, 0.717) is 0 Å². The van der Waals surface area contributed by atoms with E-state index < -0.39 is 0 Å². The number of fused-ring (bicyclic) bond motifs is 2. The Morgan fingerprint density at radius 1 is 1.14 bits per heavy atom. The Morgan fingerprint density at radius 3 is 2.43 bits per heavy atom. The van der Waals surface area contributed by atoms with Crippen LogP contribution in [-0.4, -0.2) is 49.6 Å².